The second kappa shape index (κ2) is 6.51. The number of hydrogen-bond acceptors (Lipinski definition) is 2. The van der Waals surface area contributed by atoms with Gasteiger partial charge in [-0.1, -0.05) is 39.7 Å². The van der Waals surface area contributed by atoms with E-state index in [1.54, 1.807) is 7.11 Å². The van der Waals surface area contributed by atoms with Gasteiger partial charge in [-0.25, -0.2) is 0 Å². The fraction of sp³-hybridized carbons (Fsp3) is 0.250. The molecule has 0 aromatic heterocycles. The Hall–Kier alpha value is -1.19. The molecule has 2 aromatic carbocycles. The van der Waals surface area contributed by atoms with Gasteiger partial charge in [0.15, 0.2) is 0 Å². The van der Waals surface area contributed by atoms with Gasteiger partial charge >= 0.3 is 0 Å². The Kier molecular flexibility index (Phi) is 4.95. The lowest BCUT2D eigenvalue weighted by Crippen LogP contribution is -2.02. The molecule has 0 amide bonds. The number of nitrogens with one attached hydrogen (secondary N) is 1. The Balaban J connectivity index is 2.18. The second-order valence-corrected chi connectivity index (χ2v) is 6.00. The summed E-state index contributed by atoms with van der Waals surface area (Å²) in [6.45, 7) is 4.79. The molecular weight excluding hydrogens is 338 g/mol. The highest BCUT2D eigenvalue weighted by Crippen LogP contribution is 2.31. The summed E-state index contributed by atoms with van der Waals surface area (Å²) in [5, 5.41) is 4.10. The highest BCUT2D eigenvalue weighted by molar-refractivity contribution is 9.10. The first-order chi connectivity index (χ1) is 9.51. The van der Waals surface area contributed by atoms with Gasteiger partial charge in [-0.05, 0) is 42.7 Å². The van der Waals surface area contributed by atoms with Crippen LogP contribution in [0.2, 0.25) is 5.02 Å². The van der Waals surface area contributed by atoms with E-state index in [4.69, 9.17) is 16.3 Å². The molecule has 2 nitrogen and oxygen atoms in total. The Labute approximate surface area is 133 Å². The van der Waals surface area contributed by atoms with Crippen molar-refractivity contribution in [3.8, 4) is 5.75 Å². The van der Waals surface area contributed by atoms with E-state index >= 15 is 0 Å². The Bertz CT molecular complexity index is 628. The first-order valence-corrected chi connectivity index (χ1v) is 7.51. The van der Waals surface area contributed by atoms with Crippen molar-refractivity contribution in [3.63, 3.8) is 0 Å². The summed E-state index contributed by atoms with van der Waals surface area (Å²) in [5.74, 6) is 0.756. The van der Waals surface area contributed by atoms with Gasteiger partial charge in [0.25, 0.3) is 0 Å². The molecule has 0 bridgehead atoms. The van der Waals surface area contributed by atoms with Crippen molar-refractivity contribution in [2.45, 2.75) is 20.4 Å². The van der Waals surface area contributed by atoms with E-state index in [2.05, 4.69) is 46.4 Å². The van der Waals surface area contributed by atoms with Crippen molar-refractivity contribution in [3.05, 3.63) is 56.5 Å². The lowest BCUT2D eigenvalue weighted by molar-refractivity contribution is 0.416. The molecule has 2 rings (SSSR count). The van der Waals surface area contributed by atoms with Crippen LogP contribution in [0.4, 0.5) is 5.69 Å². The van der Waals surface area contributed by atoms with Crippen LogP contribution in [0.1, 0.15) is 16.7 Å². The van der Waals surface area contributed by atoms with Gasteiger partial charge in [0.05, 0.1) is 12.8 Å². The highest BCUT2D eigenvalue weighted by atomic mass is 79.9. The summed E-state index contributed by atoms with van der Waals surface area (Å²) in [7, 11) is 1.65. The Morgan fingerprint density at radius 3 is 2.55 bits per heavy atom. The molecule has 0 spiro atoms. The lowest BCUT2D eigenvalue weighted by atomic mass is 10.1. The molecule has 2 aromatic rings. The van der Waals surface area contributed by atoms with Crippen LogP contribution in [0.15, 0.2) is 34.8 Å². The van der Waals surface area contributed by atoms with Crippen LogP contribution in [-0.2, 0) is 6.54 Å². The molecule has 0 aliphatic rings. The van der Waals surface area contributed by atoms with Gasteiger partial charge in [0.2, 0.25) is 0 Å². The van der Waals surface area contributed by atoms with E-state index in [0.717, 1.165) is 28.0 Å². The quantitative estimate of drug-likeness (QED) is 0.800. The van der Waals surface area contributed by atoms with Crippen LogP contribution in [-0.4, -0.2) is 7.11 Å². The van der Waals surface area contributed by atoms with Gasteiger partial charge in [-0.15, -0.1) is 0 Å². The molecule has 0 aliphatic heterocycles. The average Bonchev–Trinajstić information content (AvgIpc) is 2.43. The average molecular weight is 355 g/mol. The zero-order valence-corrected chi connectivity index (χ0v) is 14.1. The fourth-order valence-electron chi connectivity index (χ4n) is 1.91. The van der Waals surface area contributed by atoms with Gasteiger partial charge < -0.3 is 10.1 Å². The summed E-state index contributed by atoms with van der Waals surface area (Å²) in [5.41, 5.74) is 4.41. The molecule has 0 saturated carbocycles. The minimum absolute atomic E-state index is 0.713. The number of aryl methyl sites for hydroxylation is 2. The topological polar surface area (TPSA) is 21.3 Å². The normalized spacial score (nSPS) is 10.4. The van der Waals surface area contributed by atoms with E-state index in [9.17, 15) is 0 Å². The van der Waals surface area contributed by atoms with Crippen molar-refractivity contribution in [2.75, 3.05) is 12.4 Å². The Morgan fingerprint density at radius 1 is 1.15 bits per heavy atom. The predicted molar refractivity (Wildman–Crippen MR) is 88.9 cm³/mol. The van der Waals surface area contributed by atoms with E-state index in [-0.39, 0.29) is 0 Å². The summed E-state index contributed by atoms with van der Waals surface area (Å²) in [6, 6.07) is 10.2. The molecule has 4 heteroatoms. The van der Waals surface area contributed by atoms with E-state index in [1.165, 1.54) is 11.1 Å². The summed E-state index contributed by atoms with van der Waals surface area (Å²) in [4.78, 5) is 0. The maximum atomic E-state index is 6.11. The molecule has 0 aliphatic carbocycles. The maximum absolute atomic E-state index is 6.11. The third kappa shape index (κ3) is 3.47. The molecule has 1 N–H and O–H groups in total. The lowest BCUT2D eigenvalue weighted by Gasteiger charge is -2.13. The predicted octanol–water partition coefficient (Wildman–Crippen LogP) is 5.34. The number of methoxy groups -OCH3 is 1. The van der Waals surface area contributed by atoms with Crippen molar-refractivity contribution in [1.82, 2.24) is 0 Å². The van der Waals surface area contributed by atoms with Crippen LogP contribution >= 0.6 is 27.5 Å². The first kappa shape index (κ1) is 15.2. The van der Waals surface area contributed by atoms with Crippen molar-refractivity contribution in [2.24, 2.45) is 0 Å². The van der Waals surface area contributed by atoms with Crippen LogP contribution in [0.3, 0.4) is 0 Å². The molecule has 0 heterocycles. The molecule has 0 unspecified atom stereocenters. The van der Waals surface area contributed by atoms with Crippen molar-refractivity contribution in [1.29, 1.82) is 0 Å². The third-order valence-corrected chi connectivity index (χ3v) is 4.46. The van der Waals surface area contributed by atoms with E-state index in [0.29, 0.717) is 5.02 Å². The SMILES string of the molecule is COc1cc(Cl)c(C)cc1NCc1ccc(C)c(Br)c1. The van der Waals surface area contributed by atoms with Crippen LogP contribution in [0.5, 0.6) is 5.75 Å². The molecule has 20 heavy (non-hydrogen) atoms. The fourth-order valence-corrected chi connectivity index (χ4v) is 2.49. The smallest absolute Gasteiger partial charge is 0.143 e. The number of benzene rings is 2. The molecule has 0 fully saturated rings. The molecule has 106 valence electrons. The van der Waals surface area contributed by atoms with Gasteiger partial charge in [-0.2, -0.15) is 0 Å². The van der Waals surface area contributed by atoms with Crippen LogP contribution in [0, 0.1) is 13.8 Å². The Morgan fingerprint density at radius 2 is 1.90 bits per heavy atom. The minimum Gasteiger partial charge on any atom is -0.495 e. The maximum Gasteiger partial charge on any atom is 0.143 e. The summed E-state index contributed by atoms with van der Waals surface area (Å²) < 4.78 is 6.48. The third-order valence-electron chi connectivity index (χ3n) is 3.20. The molecule has 0 radical (unpaired) electrons. The molecule has 0 saturated heterocycles. The monoisotopic (exact) mass is 353 g/mol. The van der Waals surface area contributed by atoms with Gasteiger partial charge in [-0.3, -0.25) is 0 Å². The number of rotatable bonds is 4. The zero-order chi connectivity index (χ0) is 14.7. The van der Waals surface area contributed by atoms with Crippen LogP contribution < -0.4 is 10.1 Å². The van der Waals surface area contributed by atoms with Crippen LogP contribution in [0.25, 0.3) is 0 Å². The number of halogens is 2. The zero-order valence-electron chi connectivity index (χ0n) is 11.8. The largest absolute Gasteiger partial charge is 0.495 e. The van der Waals surface area contributed by atoms with E-state index in [1.807, 2.05) is 19.1 Å². The summed E-state index contributed by atoms with van der Waals surface area (Å²) >= 11 is 9.66. The first-order valence-electron chi connectivity index (χ1n) is 6.34. The standard InChI is InChI=1S/C16H17BrClNO/c1-10-4-5-12(7-13(10)17)9-19-15-6-11(2)14(18)8-16(15)20-3/h4-8,19H,9H2,1-3H3. The number of anilines is 1. The highest BCUT2D eigenvalue weighted by Gasteiger charge is 2.07. The van der Waals surface area contributed by atoms with E-state index < -0.39 is 0 Å². The molecule has 0 atom stereocenters. The second-order valence-electron chi connectivity index (χ2n) is 4.74. The van der Waals surface area contributed by atoms with Gasteiger partial charge in [0, 0.05) is 22.1 Å². The number of hydrogen-bond donors (Lipinski definition) is 1. The molecular formula is C16H17BrClNO. The number of ether oxygens (including phenoxy) is 1. The van der Waals surface area contributed by atoms with Crippen molar-refractivity contribution < 1.29 is 4.74 Å². The summed E-state index contributed by atoms with van der Waals surface area (Å²) in [6.07, 6.45) is 0. The minimum atomic E-state index is 0.713. The van der Waals surface area contributed by atoms with Crippen molar-refractivity contribution >= 4 is 33.2 Å². The van der Waals surface area contributed by atoms with Gasteiger partial charge in [0.1, 0.15) is 5.75 Å².